The molecule has 0 N–H and O–H groups in total. The van der Waals surface area contributed by atoms with Crippen molar-refractivity contribution in [3.05, 3.63) is 199 Å². The van der Waals surface area contributed by atoms with E-state index in [4.69, 9.17) is 0 Å². The van der Waals surface area contributed by atoms with Gasteiger partial charge in [-0.05, 0) is 59.8 Å². The molecule has 43 heavy (non-hydrogen) atoms. The Morgan fingerprint density at radius 2 is 0.814 bits per heavy atom. The third kappa shape index (κ3) is 8.29. The molecule has 0 amide bonds. The summed E-state index contributed by atoms with van der Waals surface area (Å²) >= 11 is 0. The molecule has 0 nitrogen and oxygen atoms in total. The predicted molar refractivity (Wildman–Crippen MR) is 180 cm³/mol. The summed E-state index contributed by atoms with van der Waals surface area (Å²) in [5.74, 6) is 0. The maximum absolute atomic E-state index is 4.03. The molecule has 0 aliphatic heterocycles. The second-order valence-corrected chi connectivity index (χ2v) is 14.1. The number of benzene rings is 6. The molecule has 0 bridgehead atoms. The SMILES string of the molecule is [Br-].[C](=C(c1ccccc1)P(c1ccccc1)c1ccccc1)c1ccccc1CP(c1ccccc1)c1ccccc1.[Ni+2]. The largest absolute Gasteiger partial charge is 2.00 e. The van der Waals surface area contributed by atoms with Gasteiger partial charge in [0.1, 0.15) is 0 Å². The molecule has 213 valence electrons. The van der Waals surface area contributed by atoms with Crippen LogP contribution in [-0.4, -0.2) is 0 Å². The third-order valence-electron chi connectivity index (χ3n) is 7.03. The molecule has 0 heterocycles. The van der Waals surface area contributed by atoms with Crippen LogP contribution in [0, 0.1) is 6.08 Å². The van der Waals surface area contributed by atoms with Gasteiger partial charge >= 0.3 is 16.5 Å². The quantitative estimate of drug-likeness (QED) is 0.104. The van der Waals surface area contributed by atoms with Crippen LogP contribution < -0.4 is 38.2 Å². The molecule has 4 heteroatoms. The zero-order valence-corrected chi connectivity index (χ0v) is 27.9. The van der Waals surface area contributed by atoms with Crippen molar-refractivity contribution in [3.63, 3.8) is 0 Å². The minimum Gasteiger partial charge on any atom is -1.00 e. The average Bonchev–Trinajstić information content (AvgIpc) is 3.06. The van der Waals surface area contributed by atoms with Crippen LogP contribution in [0.4, 0.5) is 0 Å². The molecule has 1 radical (unpaired) electrons. The molecule has 0 aliphatic carbocycles. The number of rotatable bonds is 9. The van der Waals surface area contributed by atoms with Gasteiger partial charge in [0, 0.05) is 11.5 Å². The molecule has 0 aromatic heterocycles. The van der Waals surface area contributed by atoms with Gasteiger partial charge in [0.05, 0.1) is 0 Å². The summed E-state index contributed by atoms with van der Waals surface area (Å²) in [5.41, 5.74) is 3.72. The predicted octanol–water partition coefficient (Wildman–Crippen LogP) is 5.65. The minimum absolute atomic E-state index is 0. The van der Waals surface area contributed by atoms with Gasteiger partial charge in [0.2, 0.25) is 0 Å². The van der Waals surface area contributed by atoms with Crippen LogP contribution in [0.1, 0.15) is 16.7 Å². The Labute approximate surface area is 279 Å². The first-order valence-corrected chi connectivity index (χ1v) is 16.8. The van der Waals surface area contributed by atoms with Crippen LogP contribution in [0.2, 0.25) is 0 Å². The van der Waals surface area contributed by atoms with Crippen molar-refractivity contribution in [3.8, 4) is 0 Å². The van der Waals surface area contributed by atoms with E-state index in [2.05, 4.69) is 182 Å². The molecular formula is C39H31BrNiP2+. The van der Waals surface area contributed by atoms with Crippen molar-refractivity contribution in [2.45, 2.75) is 6.16 Å². The van der Waals surface area contributed by atoms with Gasteiger partial charge in [-0.15, -0.1) is 0 Å². The molecule has 0 saturated heterocycles. The maximum Gasteiger partial charge on any atom is 2.00 e. The van der Waals surface area contributed by atoms with E-state index in [1.165, 1.54) is 43.2 Å². The average molecular weight is 700 g/mol. The Bertz CT molecular complexity index is 1620. The van der Waals surface area contributed by atoms with E-state index in [1.807, 2.05) is 0 Å². The Hall–Kier alpha value is -3.11. The first-order chi connectivity index (χ1) is 20.4. The van der Waals surface area contributed by atoms with Gasteiger partial charge in [-0.1, -0.05) is 176 Å². The van der Waals surface area contributed by atoms with Crippen molar-refractivity contribution in [1.29, 1.82) is 0 Å². The molecule has 0 unspecified atom stereocenters. The molecule has 0 saturated carbocycles. The standard InChI is InChI=1S/C39H31P2.BrH.Ni/c1-6-18-32(19-7-1)39(41(37-26-12-4-13-27-37)38-28-14-5-15-29-38)30-33-20-16-17-21-34(33)31-40(35-22-8-2-9-23-35)36-24-10-3-11-25-36;;/h1-29H,31H2;1H;/q;;+2/p-1. The fourth-order valence-corrected chi connectivity index (χ4v) is 9.78. The van der Waals surface area contributed by atoms with E-state index in [-0.39, 0.29) is 33.5 Å². The van der Waals surface area contributed by atoms with E-state index in [9.17, 15) is 0 Å². The van der Waals surface area contributed by atoms with E-state index in [1.54, 1.807) is 0 Å². The van der Waals surface area contributed by atoms with Gasteiger partial charge in [0.25, 0.3) is 0 Å². The van der Waals surface area contributed by atoms with Gasteiger partial charge < -0.3 is 17.0 Å². The summed E-state index contributed by atoms with van der Waals surface area (Å²) in [4.78, 5) is 0. The summed E-state index contributed by atoms with van der Waals surface area (Å²) in [6, 6.07) is 63.5. The van der Waals surface area contributed by atoms with Crippen LogP contribution >= 0.6 is 15.8 Å². The first-order valence-electron chi connectivity index (χ1n) is 13.9. The Morgan fingerprint density at radius 1 is 0.442 bits per heavy atom. The van der Waals surface area contributed by atoms with E-state index >= 15 is 0 Å². The maximum atomic E-state index is 4.03. The van der Waals surface area contributed by atoms with Gasteiger partial charge in [-0.2, -0.15) is 0 Å². The number of halogens is 1. The fourth-order valence-electron chi connectivity index (χ4n) is 5.04. The van der Waals surface area contributed by atoms with Gasteiger partial charge in [0.15, 0.2) is 0 Å². The summed E-state index contributed by atoms with van der Waals surface area (Å²) < 4.78 is 0. The summed E-state index contributed by atoms with van der Waals surface area (Å²) in [6.07, 6.45) is 4.99. The zero-order valence-electron chi connectivity index (χ0n) is 23.5. The topological polar surface area (TPSA) is 0 Å². The van der Waals surface area contributed by atoms with Gasteiger partial charge in [-0.25, -0.2) is 0 Å². The zero-order chi connectivity index (χ0) is 27.7. The van der Waals surface area contributed by atoms with Crippen molar-refractivity contribution >= 4 is 42.4 Å². The Kier molecular flexibility index (Phi) is 12.7. The monoisotopic (exact) mass is 698 g/mol. The van der Waals surface area contributed by atoms with E-state index in [0.717, 1.165) is 6.16 Å². The minimum atomic E-state index is -0.824. The van der Waals surface area contributed by atoms with Crippen molar-refractivity contribution < 1.29 is 33.5 Å². The molecule has 0 aliphatic rings. The smallest absolute Gasteiger partial charge is 1.00 e. The van der Waals surface area contributed by atoms with Gasteiger partial charge in [-0.3, -0.25) is 0 Å². The Balaban J connectivity index is 0.00000212. The van der Waals surface area contributed by atoms with Crippen molar-refractivity contribution in [2.75, 3.05) is 0 Å². The summed E-state index contributed by atoms with van der Waals surface area (Å²) in [5, 5.41) is 6.69. The van der Waals surface area contributed by atoms with Crippen LogP contribution in [0.3, 0.4) is 0 Å². The van der Waals surface area contributed by atoms with Crippen LogP contribution in [-0.2, 0) is 22.7 Å². The second kappa shape index (κ2) is 16.7. The molecule has 6 aromatic carbocycles. The molecule has 0 fully saturated rings. The van der Waals surface area contributed by atoms with Crippen molar-refractivity contribution in [2.24, 2.45) is 0 Å². The molecule has 6 aromatic rings. The number of hydrogen-bond donors (Lipinski definition) is 0. The normalized spacial score (nSPS) is 11.1. The Morgan fingerprint density at radius 3 is 1.28 bits per heavy atom. The fraction of sp³-hybridized carbons (Fsp3) is 0.0256. The third-order valence-corrected chi connectivity index (χ3v) is 12.0. The number of hydrogen-bond acceptors (Lipinski definition) is 0. The summed E-state index contributed by atoms with van der Waals surface area (Å²) in [6.45, 7) is 0. The molecule has 0 atom stereocenters. The van der Waals surface area contributed by atoms with Crippen LogP contribution in [0.15, 0.2) is 176 Å². The van der Waals surface area contributed by atoms with Crippen molar-refractivity contribution in [1.82, 2.24) is 0 Å². The second-order valence-electron chi connectivity index (χ2n) is 9.76. The molecule has 0 spiro atoms. The van der Waals surface area contributed by atoms with Crippen LogP contribution in [0.25, 0.3) is 5.31 Å². The van der Waals surface area contributed by atoms with Crippen LogP contribution in [0.5, 0.6) is 0 Å². The van der Waals surface area contributed by atoms with E-state index < -0.39 is 15.8 Å². The molecule has 6 rings (SSSR count). The summed E-state index contributed by atoms with van der Waals surface area (Å²) in [7, 11) is -1.39. The molecular weight excluding hydrogens is 669 g/mol. The first kappa shape index (κ1) is 32.8. The van der Waals surface area contributed by atoms with E-state index in [0.29, 0.717) is 0 Å².